The van der Waals surface area contributed by atoms with Crippen molar-refractivity contribution >= 4 is 11.8 Å². The van der Waals surface area contributed by atoms with E-state index in [2.05, 4.69) is 15.0 Å². The third-order valence-corrected chi connectivity index (χ3v) is 5.87. The molecule has 144 valence electrons. The molecule has 4 heterocycles. The molecule has 2 amide bonds. The van der Waals surface area contributed by atoms with Gasteiger partial charge in [0.05, 0.1) is 23.1 Å². The maximum absolute atomic E-state index is 12.8. The van der Waals surface area contributed by atoms with Crippen molar-refractivity contribution in [2.24, 2.45) is 0 Å². The molecule has 0 radical (unpaired) electrons. The van der Waals surface area contributed by atoms with Gasteiger partial charge in [-0.2, -0.15) is 5.26 Å². The number of nitrogens with zero attached hydrogens (tertiary/aromatic N) is 5. The van der Waals surface area contributed by atoms with Crippen LogP contribution in [0.5, 0.6) is 0 Å². The van der Waals surface area contributed by atoms with Crippen molar-refractivity contribution in [1.82, 2.24) is 24.8 Å². The standard InChI is InChI=1S/C20H22N6O2/c1-2-17(27)26-8-5-16-18(24-13-23-16)20(26)6-9-25(10-7-20)19(28)14-3-4-15(11-21)22-12-14/h3-4,12-13H,2,5-10H2,1H3,(H,23,24). The van der Waals surface area contributed by atoms with Gasteiger partial charge in [0.2, 0.25) is 5.91 Å². The molecule has 0 bridgehead atoms. The number of carbonyl (C=O) groups excluding carboxylic acids is 2. The monoisotopic (exact) mass is 378 g/mol. The molecule has 2 aliphatic rings. The predicted molar refractivity (Wildman–Crippen MR) is 100 cm³/mol. The Hall–Kier alpha value is -3.21. The van der Waals surface area contributed by atoms with Crippen molar-refractivity contribution in [3.63, 3.8) is 0 Å². The van der Waals surface area contributed by atoms with Gasteiger partial charge in [-0.25, -0.2) is 9.97 Å². The molecule has 0 aliphatic carbocycles. The summed E-state index contributed by atoms with van der Waals surface area (Å²) in [4.78, 5) is 41.0. The number of piperidine rings is 1. The highest BCUT2D eigenvalue weighted by atomic mass is 16.2. The summed E-state index contributed by atoms with van der Waals surface area (Å²) in [5.74, 6) is 0.0305. The van der Waals surface area contributed by atoms with Crippen LogP contribution in [0, 0.1) is 11.3 Å². The summed E-state index contributed by atoms with van der Waals surface area (Å²) in [6.07, 6.45) is 5.71. The van der Waals surface area contributed by atoms with Crippen LogP contribution < -0.4 is 0 Å². The van der Waals surface area contributed by atoms with Gasteiger partial charge in [-0.1, -0.05) is 6.92 Å². The van der Waals surface area contributed by atoms with Crippen LogP contribution >= 0.6 is 0 Å². The van der Waals surface area contributed by atoms with Crippen LogP contribution in [0.15, 0.2) is 24.7 Å². The van der Waals surface area contributed by atoms with E-state index < -0.39 is 5.54 Å². The summed E-state index contributed by atoms with van der Waals surface area (Å²) >= 11 is 0. The smallest absolute Gasteiger partial charge is 0.255 e. The van der Waals surface area contributed by atoms with Gasteiger partial charge in [0.15, 0.2) is 0 Å². The molecule has 8 heteroatoms. The first-order chi connectivity index (χ1) is 13.6. The summed E-state index contributed by atoms with van der Waals surface area (Å²) in [6, 6.07) is 5.15. The molecule has 1 N–H and O–H groups in total. The van der Waals surface area contributed by atoms with Crippen molar-refractivity contribution in [1.29, 1.82) is 5.26 Å². The largest absolute Gasteiger partial charge is 0.348 e. The maximum Gasteiger partial charge on any atom is 0.255 e. The summed E-state index contributed by atoms with van der Waals surface area (Å²) in [5, 5.41) is 8.86. The Bertz CT molecular complexity index is 934. The molecular formula is C20H22N6O2. The zero-order valence-electron chi connectivity index (χ0n) is 15.8. The molecule has 1 spiro atoms. The van der Waals surface area contributed by atoms with Crippen LogP contribution in [0.2, 0.25) is 0 Å². The highest BCUT2D eigenvalue weighted by Crippen LogP contribution is 2.42. The summed E-state index contributed by atoms with van der Waals surface area (Å²) < 4.78 is 0. The second-order valence-corrected chi connectivity index (χ2v) is 7.25. The average molecular weight is 378 g/mol. The molecule has 0 unspecified atom stereocenters. The van der Waals surface area contributed by atoms with Crippen molar-refractivity contribution in [2.45, 2.75) is 38.1 Å². The minimum absolute atomic E-state index is 0.0988. The maximum atomic E-state index is 12.8. The Labute approximate surface area is 163 Å². The van der Waals surface area contributed by atoms with Crippen molar-refractivity contribution in [3.05, 3.63) is 47.3 Å². The van der Waals surface area contributed by atoms with Gasteiger partial charge < -0.3 is 14.8 Å². The lowest BCUT2D eigenvalue weighted by molar-refractivity contribution is -0.141. The minimum atomic E-state index is -0.444. The van der Waals surface area contributed by atoms with Crippen LogP contribution in [0.3, 0.4) is 0 Å². The van der Waals surface area contributed by atoms with Crippen LogP contribution in [0.25, 0.3) is 0 Å². The number of hydrogen-bond acceptors (Lipinski definition) is 5. The molecule has 2 aromatic heterocycles. The Morgan fingerprint density at radius 1 is 1.25 bits per heavy atom. The Morgan fingerprint density at radius 3 is 2.68 bits per heavy atom. The molecule has 28 heavy (non-hydrogen) atoms. The number of likely N-dealkylation sites (tertiary alicyclic amines) is 1. The topological polar surface area (TPSA) is 106 Å². The molecule has 2 aliphatic heterocycles. The molecule has 0 aromatic carbocycles. The third kappa shape index (κ3) is 2.83. The van der Waals surface area contributed by atoms with Gasteiger partial charge >= 0.3 is 0 Å². The SMILES string of the molecule is CCC(=O)N1CCc2[nH]cnc2C12CCN(C(=O)c1ccc(C#N)nc1)CC2. The number of nitrogens with one attached hydrogen (secondary N) is 1. The molecule has 0 saturated carbocycles. The highest BCUT2D eigenvalue weighted by Gasteiger charge is 2.48. The fraction of sp³-hybridized carbons (Fsp3) is 0.450. The van der Waals surface area contributed by atoms with Crippen LogP contribution in [-0.2, 0) is 16.8 Å². The minimum Gasteiger partial charge on any atom is -0.348 e. The van der Waals surface area contributed by atoms with Gasteiger partial charge in [-0.15, -0.1) is 0 Å². The number of imidazole rings is 1. The Kier molecular flexibility index (Phi) is 4.59. The first-order valence-electron chi connectivity index (χ1n) is 9.57. The number of rotatable bonds is 2. The molecule has 1 saturated heterocycles. The fourth-order valence-corrected chi connectivity index (χ4v) is 4.39. The van der Waals surface area contributed by atoms with E-state index in [9.17, 15) is 9.59 Å². The third-order valence-electron chi connectivity index (χ3n) is 5.87. The molecule has 4 rings (SSSR count). The van der Waals surface area contributed by atoms with Crippen molar-refractivity contribution in [3.8, 4) is 6.07 Å². The molecule has 0 atom stereocenters. The summed E-state index contributed by atoms with van der Waals surface area (Å²) in [6.45, 7) is 3.64. The van der Waals surface area contributed by atoms with Gasteiger partial charge in [-0.05, 0) is 25.0 Å². The number of pyridine rings is 1. The van der Waals surface area contributed by atoms with E-state index in [-0.39, 0.29) is 17.5 Å². The van der Waals surface area contributed by atoms with E-state index in [1.807, 2.05) is 17.9 Å². The second-order valence-electron chi connectivity index (χ2n) is 7.25. The van der Waals surface area contributed by atoms with E-state index in [4.69, 9.17) is 5.26 Å². The summed E-state index contributed by atoms with van der Waals surface area (Å²) in [7, 11) is 0. The fourth-order valence-electron chi connectivity index (χ4n) is 4.39. The predicted octanol–water partition coefficient (Wildman–Crippen LogP) is 1.60. The van der Waals surface area contributed by atoms with Crippen LogP contribution in [0.4, 0.5) is 0 Å². The van der Waals surface area contributed by atoms with E-state index in [0.717, 1.165) is 17.8 Å². The van der Waals surface area contributed by atoms with Gasteiger partial charge in [-0.3, -0.25) is 9.59 Å². The van der Waals surface area contributed by atoms with Crippen molar-refractivity contribution in [2.75, 3.05) is 19.6 Å². The van der Waals surface area contributed by atoms with Crippen LogP contribution in [0.1, 0.15) is 53.6 Å². The lowest BCUT2D eigenvalue weighted by Gasteiger charge is -2.50. The first kappa shape index (κ1) is 18.2. The second kappa shape index (κ2) is 7.08. The quantitative estimate of drug-likeness (QED) is 0.854. The van der Waals surface area contributed by atoms with Crippen LogP contribution in [-0.4, -0.2) is 56.2 Å². The normalized spacial score (nSPS) is 17.9. The first-order valence-corrected chi connectivity index (χ1v) is 9.57. The van der Waals surface area contributed by atoms with Crippen molar-refractivity contribution < 1.29 is 9.59 Å². The number of carbonyl (C=O) groups is 2. The van der Waals surface area contributed by atoms with Gasteiger partial charge in [0.1, 0.15) is 11.8 Å². The van der Waals surface area contributed by atoms with E-state index in [0.29, 0.717) is 44.5 Å². The van der Waals surface area contributed by atoms with E-state index in [1.54, 1.807) is 23.4 Å². The summed E-state index contributed by atoms with van der Waals surface area (Å²) in [5.41, 5.74) is 2.36. The highest BCUT2D eigenvalue weighted by molar-refractivity contribution is 5.94. The zero-order valence-corrected chi connectivity index (χ0v) is 15.8. The number of H-pyrrole nitrogens is 1. The number of amides is 2. The molecule has 1 fully saturated rings. The number of hydrogen-bond donors (Lipinski definition) is 1. The number of nitriles is 1. The lowest BCUT2D eigenvalue weighted by atomic mass is 9.78. The Balaban J connectivity index is 1.56. The van der Waals surface area contributed by atoms with E-state index in [1.165, 1.54) is 6.20 Å². The lowest BCUT2D eigenvalue weighted by Crippen LogP contribution is -2.58. The number of aromatic amines is 1. The number of fused-ring (bicyclic) bond motifs is 2. The molecular weight excluding hydrogens is 356 g/mol. The van der Waals surface area contributed by atoms with E-state index >= 15 is 0 Å². The average Bonchev–Trinajstić information content (AvgIpc) is 3.24. The van der Waals surface area contributed by atoms with Gasteiger partial charge in [0, 0.05) is 44.4 Å². The number of aromatic nitrogens is 3. The van der Waals surface area contributed by atoms with Gasteiger partial charge in [0.25, 0.3) is 5.91 Å². The molecule has 2 aromatic rings. The Morgan fingerprint density at radius 2 is 2.04 bits per heavy atom. The zero-order chi connectivity index (χ0) is 19.7. The molecule has 8 nitrogen and oxygen atoms in total.